The number of hydrogen-bond acceptors (Lipinski definition) is 2. The summed E-state index contributed by atoms with van der Waals surface area (Å²) >= 11 is 0. The van der Waals surface area contributed by atoms with E-state index in [9.17, 15) is 8.78 Å². The van der Waals surface area contributed by atoms with E-state index >= 15 is 0 Å². The van der Waals surface area contributed by atoms with E-state index < -0.39 is 15.8 Å². The van der Waals surface area contributed by atoms with Gasteiger partial charge in [0, 0.05) is 44.0 Å². The van der Waals surface area contributed by atoms with Gasteiger partial charge in [-0.2, -0.15) is 0 Å². The minimum atomic E-state index is -1.11. The van der Waals surface area contributed by atoms with Crippen LogP contribution < -0.4 is 42.5 Å². The van der Waals surface area contributed by atoms with Crippen molar-refractivity contribution in [1.29, 1.82) is 0 Å². The van der Waals surface area contributed by atoms with Gasteiger partial charge in [0.1, 0.15) is 11.6 Å². The van der Waals surface area contributed by atoms with Crippen LogP contribution in [-0.4, -0.2) is 0 Å². The molecule has 7 rings (SSSR count). The quantitative estimate of drug-likeness (QED) is 0.185. The van der Waals surface area contributed by atoms with Crippen molar-refractivity contribution in [3.05, 3.63) is 155 Å². The summed E-state index contributed by atoms with van der Waals surface area (Å²) in [6, 6.07) is 40.3. The SMILES string of the molecule is Cc1ccc2c(c1)Nc1cc(C)ccc1P(c1ccc(F)cc1)c1cc(C)ccc1Nc1ccc(C)cc1P2c1ccc(F)cc1. The fraction of sp³-hybridized carbons (Fsp3) is 0.100. The van der Waals surface area contributed by atoms with E-state index in [0.29, 0.717) is 0 Å². The molecule has 1 aliphatic heterocycles. The Bertz CT molecular complexity index is 1930. The van der Waals surface area contributed by atoms with Crippen molar-refractivity contribution in [2.24, 2.45) is 0 Å². The molecule has 6 heteroatoms. The fourth-order valence-electron chi connectivity index (χ4n) is 6.04. The van der Waals surface area contributed by atoms with E-state index in [0.717, 1.165) is 76.8 Å². The molecule has 0 aliphatic carbocycles. The first kappa shape index (κ1) is 30.3. The van der Waals surface area contributed by atoms with Crippen molar-refractivity contribution in [3.63, 3.8) is 0 Å². The molecule has 1 aliphatic rings. The molecule has 2 N–H and O–H groups in total. The Balaban J connectivity index is 1.58. The number of benzene rings is 6. The average Bonchev–Trinajstić information content (AvgIpc) is 3.03. The van der Waals surface area contributed by atoms with E-state index in [-0.39, 0.29) is 11.6 Å². The van der Waals surface area contributed by atoms with Crippen molar-refractivity contribution < 1.29 is 8.78 Å². The zero-order valence-electron chi connectivity index (χ0n) is 26.2. The summed E-state index contributed by atoms with van der Waals surface area (Å²) < 4.78 is 28.6. The lowest BCUT2D eigenvalue weighted by Crippen LogP contribution is -2.29. The van der Waals surface area contributed by atoms with Crippen LogP contribution in [-0.2, 0) is 0 Å². The van der Waals surface area contributed by atoms with Gasteiger partial charge in [-0.3, -0.25) is 0 Å². The summed E-state index contributed by atoms with van der Waals surface area (Å²) in [7, 11) is -2.22. The maximum absolute atomic E-state index is 14.3. The van der Waals surface area contributed by atoms with Gasteiger partial charge in [0.15, 0.2) is 0 Å². The van der Waals surface area contributed by atoms with Crippen molar-refractivity contribution in [3.8, 4) is 0 Å². The Kier molecular flexibility index (Phi) is 8.20. The Morgan fingerprint density at radius 1 is 0.370 bits per heavy atom. The van der Waals surface area contributed by atoms with E-state index in [1.807, 2.05) is 24.3 Å². The van der Waals surface area contributed by atoms with Crippen LogP contribution in [0.4, 0.5) is 31.5 Å². The first-order chi connectivity index (χ1) is 22.2. The standard InChI is InChI=1S/C40H34F2N2P2/c1-25-7-19-37-35(21-25)44-36-22-26(2)8-20-38(36)46(32-15-11-30(42)12-16-32)40-24-28(4)6-18-34(40)43-33-17-5-27(3)23-39(33)45(37)31-13-9-29(41)10-14-31/h5-24,43-44H,1-4H3. The van der Waals surface area contributed by atoms with Crippen LogP contribution >= 0.6 is 15.8 Å². The molecule has 1 heterocycles. The second-order valence-corrected chi connectivity index (χ2v) is 16.3. The maximum Gasteiger partial charge on any atom is 0.123 e. The number of fused-ring (bicyclic) bond motifs is 4. The first-order valence-electron chi connectivity index (χ1n) is 15.3. The number of anilines is 4. The predicted octanol–water partition coefficient (Wildman–Crippen LogP) is 8.52. The topological polar surface area (TPSA) is 24.1 Å². The lowest BCUT2D eigenvalue weighted by atomic mass is 10.2. The van der Waals surface area contributed by atoms with Crippen molar-refractivity contribution in [1.82, 2.24) is 0 Å². The van der Waals surface area contributed by atoms with Crippen molar-refractivity contribution in [2.75, 3.05) is 10.6 Å². The summed E-state index contributed by atoms with van der Waals surface area (Å²) in [6.07, 6.45) is 0. The second kappa shape index (κ2) is 12.4. The van der Waals surface area contributed by atoms with Crippen LogP contribution in [0.15, 0.2) is 121 Å². The molecular formula is C40H34F2N2P2. The highest BCUT2D eigenvalue weighted by atomic mass is 31.1. The lowest BCUT2D eigenvalue weighted by molar-refractivity contribution is 0.628. The molecule has 0 fully saturated rings. The maximum atomic E-state index is 14.3. The largest absolute Gasteiger partial charge is 0.354 e. The number of nitrogens with one attached hydrogen (secondary N) is 2. The molecule has 2 unspecified atom stereocenters. The van der Waals surface area contributed by atoms with E-state index in [4.69, 9.17) is 0 Å². The second-order valence-electron chi connectivity index (χ2n) is 12.0. The molecule has 228 valence electrons. The molecule has 46 heavy (non-hydrogen) atoms. The van der Waals surface area contributed by atoms with Crippen LogP contribution in [0.3, 0.4) is 0 Å². The summed E-state index contributed by atoms with van der Waals surface area (Å²) in [4.78, 5) is 0. The van der Waals surface area contributed by atoms with Crippen LogP contribution in [0.1, 0.15) is 22.3 Å². The van der Waals surface area contributed by atoms with Gasteiger partial charge in [0.2, 0.25) is 0 Å². The molecule has 0 aromatic heterocycles. The molecule has 2 atom stereocenters. The highest BCUT2D eigenvalue weighted by Gasteiger charge is 2.28. The summed E-state index contributed by atoms with van der Waals surface area (Å²) in [5, 5.41) is 14.6. The van der Waals surface area contributed by atoms with Gasteiger partial charge in [0.25, 0.3) is 0 Å². The molecular weight excluding hydrogens is 608 g/mol. The molecule has 0 amide bonds. The predicted molar refractivity (Wildman–Crippen MR) is 196 cm³/mol. The van der Waals surface area contributed by atoms with Crippen LogP contribution in [0.25, 0.3) is 0 Å². The number of hydrogen-bond donors (Lipinski definition) is 2. The first-order valence-corrected chi connectivity index (χ1v) is 18.0. The highest BCUT2D eigenvalue weighted by Crippen LogP contribution is 2.44. The van der Waals surface area contributed by atoms with Crippen LogP contribution in [0.2, 0.25) is 0 Å². The van der Waals surface area contributed by atoms with Gasteiger partial charge in [-0.05, 0) is 126 Å². The van der Waals surface area contributed by atoms with Gasteiger partial charge >= 0.3 is 0 Å². The minimum Gasteiger partial charge on any atom is -0.354 e. The average molecular weight is 643 g/mol. The van der Waals surface area contributed by atoms with Gasteiger partial charge in [-0.15, -0.1) is 0 Å². The van der Waals surface area contributed by atoms with Gasteiger partial charge in [-0.25, -0.2) is 8.78 Å². The smallest absolute Gasteiger partial charge is 0.123 e. The van der Waals surface area contributed by atoms with E-state index in [2.05, 4.69) is 111 Å². The fourth-order valence-corrected chi connectivity index (χ4v) is 11.1. The molecule has 6 aromatic rings. The molecule has 0 radical (unpaired) electrons. The minimum absolute atomic E-state index is 0.249. The van der Waals surface area contributed by atoms with Gasteiger partial charge in [-0.1, -0.05) is 71.8 Å². The Morgan fingerprint density at radius 3 is 1.13 bits per heavy atom. The molecule has 6 aromatic carbocycles. The Morgan fingerprint density at radius 2 is 0.717 bits per heavy atom. The van der Waals surface area contributed by atoms with Gasteiger partial charge in [0.05, 0.1) is 0 Å². The Labute approximate surface area is 272 Å². The van der Waals surface area contributed by atoms with E-state index in [1.165, 1.54) is 0 Å². The molecule has 0 bridgehead atoms. The molecule has 0 saturated carbocycles. The van der Waals surface area contributed by atoms with Crippen molar-refractivity contribution in [2.45, 2.75) is 27.7 Å². The monoisotopic (exact) mass is 642 g/mol. The summed E-state index contributed by atoms with van der Waals surface area (Å²) in [6.45, 7) is 8.46. The summed E-state index contributed by atoms with van der Waals surface area (Å²) in [5.41, 5.74) is 8.66. The lowest BCUT2D eigenvalue weighted by Gasteiger charge is -2.30. The third-order valence-electron chi connectivity index (χ3n) is 8.28. The molecule has 2 nitrogen and oxygen atoms in total. The zero-order chi connectivity index (χ0) is 31.9. The third-order valence-corrected chi connectivity index (χ3v) is 13.4. The normalized spacial score (nSPS) is 15.5. The Hall–Kier alpha value is -4.36. The summed E-state index contributed by atoms with van der Waals surface area (Å²) in [5.74, 6) is -0.499. The molecule has 0 spiro atoms. The number of rotatable bonds is 2. The van der Waals surface area contributed by atoms with E-state index in [1.54, 1.807) is 24.3 Å². The molecule has 0 saturated heterocycles. The zero-order valence-corrected chi connectivity index (χ0v) is 28.0. The third kappa shape index (κ3) is 5.96. The van der Waals surface area contributed by atoms with Crippen LogP contribution in [0, 0.1) is 39.3 Å². The van der Waals surface area contributed by atoms with Crippen molar-refractivity contribution >= 4 is 70.4 Å². The number of halogens is 2. The number of aryl methyl sites for hydroxylation is 4. The van der Waals surface area contributed by atoms with Crippen LogP contribution in [0.5, 0.6) is 0 Å². The highest BCUT2D eigenvalue weighted by molar-refractivity contribution is 7.81. The van der Waals surface area contributed by atoms with Gasteiger partial charge < -0.3 is 10.6 Å².